The van der Waals surface area contributed by atoms with Crippen LogP contribution in [0.1, 0.15) is 16.7 Å². The van der Waals surface area contributed by atoms with Gasteiger partial charge in [-0.3, -0.25) is 0 Å². The lowest BCUT2D eigenvalue weighted by atomic mass is 10.1. The molecule has 0 unspecified atom stereocenters. The molecule has 0 saturated carbocycles. The summed E-state index contributed by atoms with van der Waals surface area (Å²) in [6.07, 6.45) is 0. The molecule has 0 saturated heterocycles. The topological polar surface area (TPSA) is 38.9 Å². The van der Waals surface area contributed by atoms with Crippen LogP contribution in [0.5, 0.6) is 0 Å². The van der Waals surface area contributed by atoms with Gasteiger partial charge in [0.15, 0.2) is 4.34 Å². The van der Waals surface area contributed by atoms with E-state index >= 15 is 0 Å². The number of aryl methyl sites for hydroxylation is 2. The first-order chi connectivity index (χ1) is 9.60. The number of rotatable bonds is 3. The predicted octanol–water partition coefficient (Wildman–Crippen LogP) is 4.79. The molecule has 0 amide bonds. The van der Waals surface area contributed by atoms with Crippen molar-refractivity contribution in [3.8, 4) is 0 Å². The van der Waals surface area contributed by atoms with Gasteiger partial charge in [0, 0.05) is 11.4 Å². The first kappa shape index (κ1) is 13.5. The van der Waals surface area contributed by atoms with E-state index < -0.39 is 0 Å². The minimum absolute atomic E-state index is 0.798. The maximum absolute atomic E-state index is 5.80. The quantitative estimate of drug-likeness (QED) is 0.558. The number of aromatic nitrogens is 1. The normalized spacial score (nSPS) is 11.1. The van der Waals surface area contributed by atoms with Gasteiger partial charge in [-0.1, -0.05) is 41.1 Å². The van der Waals surface area contributed by atoms with Crippen molar-refractivity contribution >= 4 is 39.0 Å². The summed E-state index contributed by atoms with van der Waals surface area (Å²) in [5, 5.41) is 0. The third kappa shape index (κ3) is 2.97. The maximum Gasteiger partial charge on any atom is 0.151 e. The lowest BCUT2D eigenvalue weighted by Gasteiger charge is -2.03. The number of fused-ring (bicyclic) bond motifs is 1. The Morgan fingerprint density at radius 3 is 2.60 bits per heavy atom. The molecule has 1 aromatic heterocycles. The number of thiazole rings is 1. The fourth-order valence-corrected chi connectivity index (χ4v) is 4.33. The third-order valence-electron chi connectivity index (χ3n) is 3.04. The van der Waals surface area contributed by atoms with Crippen molar-refractivity contribution in [2.75, 3.05) is 5.73 Å². The first-order valence-corrected chi connectivity index (χ1v) is 8.26. The molecule has 1 heterocycles. The van der Waals surface area contributed by atoms with E-state index in [1.54, 1.807) is 23.1 Å². The lowest BCUT2D eigenvalue weighted by Crippen LogP contribution is -1.85. The van der Waals surface area contributed by atoms with Crippen molar-refractivity contribution in [3.63, 3.8) is 0 Å². The summed E-state index contributed by atoms with van der Waals surface area (Å²) in [5.74, 6) is 0.956. The summed E-state index contributed by atoms with van der Waals surface area (Å²) in [6.45, 7) is 4.28. The lowest BCUT2D eigenvalue weighted by molar-refractivity contribution is 1.27. The Labute approximate surface area is 127 Å². The van der Waals surface area contributed by atoms with Crippen LogP contribution in [-0.4, -0.2) is 4.98 Å². The largest absolute Gasteiger partial charge is 0.399 e. The van der Waals surface area contributed by atoms with E-state index in [1.807, 2.05) is 18.2 Å². The molecule has 0 radical (unpaired) electrons. The van der Waals surface area contributed by atoms with Gasteiger partial charge in [-0.05, 0) is 37.6 Å². The zero-order valence-corrected chi connectivity index (χ0v) is 13.1. The number of anilines is 1. The Morgan fingerprint density at radius 1 is 1.10 bits per heavy atom. The summed E-state index contributed by atoms with van der Waals surface area (Å²) in [6, 6.07) is 12.6. The van der Waals surface area contributed by atoms with Crippen LogP contribution in [0.25, 0.3) is 10.2 Å². The highest BCUT2D eigenvalue weighted by Crippen LogP contribution is 2.32. The second kappa shape index (κ2) is 5.46. The molecular formula is C16H16N2S2. The van der Waals surface area contributed by atoms with E-state index in [0.29, 0.717) is 0 Å². The molecule has 2 nitrogen and oxygen atoms in total. The molecule has 0 aliphatic heterocycles. The molecule has 20 heavy (non-hydrogen) atoms. The summed E-state index contributed by atoms with van der Waals surface area (Å²) in [7, 11) is 0. The molecule has 0 spiro atoms. The molecule has 3 rings (SSSR count). The van der Waals surface area contributed by atoms with Crippen LogP contribution in [0.4, 0.5) is 5.69 Å². The van der Waals surface area contributed by atoms with Gasteiger partial charge in [0.2, 0.25) is 0 Å². The molecule has 102 valence electrons. The molecule has 2 aromatic carbocycles. The molecule has 0 aliphatic carbocycles. The molecule has 0 fully saturated rings. The average molecular weight is 300 g/mol. The van der Waals surface area contributed by atoms with E-state index in [1.165, 1.54) is 16.7 Å². The van der Waals surface area contributed by atoms with Gasteiger partial charge < -0.3 is 5.73 Å². The standard InChI is InChI=1S/C16H16N2S2/c1-10-5-11(2)7-12(6-10)9-19-16-18-14-4-3-13(17)8-15(14)20-16/h3-8H,9,17H2,1-2H3. The third-order valence-corrected chi connectivity index (χ3v) is 5.27. The summed E-state index contributed by atoms with van der Waals surface area (Å²) in [4.78, 5) is 4.64. The highest BCUT2D eigenvalue weighted by molar-refractivity contribution is 8.00. The van der Waals surface area contributed by atoms with Gasteiger partial charge in [-0.15, -0.1) is 11.3 Å². The van der Waals surface area contributed by atoms with Gasteiger partial charge in [-0.25, -0.2) is 4.98 Å². The van der Waals surface area contributed by atoms with E-state index in [0.717, 1.165) is 26.0 Å². The van der Waals surface area contributed by atoms with Gasteiger partial charge >= 0.3 is 0 Å². The van der Waals surface area contributed by atoms with Crippen molar-refractivity contribution in [1.29, 1.82) is 0 Å². The Bertz CT molecular complexity index is 742. The van der Waals surface area contributed by atoms with Crippen LogP contribution in [0.15, 0.2) is 40.7 Å². The summed E-state index contributed by atoms with van der Waals surface area (Å²) in [5.41, 5.74) is 11.6. The van der Waals surface area contributed by atoms with E-state index in [-0.39, 0.29) is 0 Å². The van der Waals surface area contributed by atoms with Crippen LogP contribution < -0.4 is 5.73 Å². The Morgan fingerprint density at radius 2 is 1.85 bits per heavy atom. The first-order valence-electron chi connectivity index (χ1n) is 6.46. The zero-order valence-electron chi connectivity index (χ0n) is 11.5. The number of hydrogen-bond acceptors (Lipinski definition) is 4. The van der Waals surface area contributed by atoms with E-state index in [4.69, 9.17) is 5.73 Å². The highest BCUT2D eigenvalue weighted by atomic mass is 32.2. The number of nitrogens with zero attached hydrogens (tertiary/aromatic N) is 1. The van der Waals surface area contributed by atoms with E-state index in [9.17, 15) is 0 Å². The average Bonchev–Trinajstić information content (AvgIpc) is 2.77. The molecule has 0 atom stereocenters. The number of benzene rings is 2. The molecule has 4 heteroatoms. The summed E-state index contributed by atoms with van der Waals surface area (Å²) < 4.78 is 2.26. The van der Waals surface area contributed by atoms with Crippen LogP contribution >= 0.6 is 23.1 Å². The van der Waals surface area contributed by atoms with Gasteiger partial charge in [0.1, 0.15) is 0 Å². The number of hydrogen-bond donors (Lipinski definition) is 1. The smallest absolute Gasteiger partial charge is 0.151 e. The van der Waals surface area contributed by atoms with Crippen molar-refractivity contribution in [1.82, 2.24) is 4.98 Å². The van der Waals surface area contributed by atoms with Crippen LogP contribution in [-0.2, 0) is 5.75 Å². The Hall–Kier alpha value is -1.52. The fourth-order valence-electron chi connectivity index (χ4n) is 2.28. The molecular weight excluding hydrogens is 284 g/mol. The predicted molar refractivity (Wildman–Crippen MR) is 89.5 cm³/mol. The number of nitrogen functional groups attached to an aromatic ring is 1. The summed E-state index contributed by atoms with van der Waals surface area (Å²) >= 11 is 3.50. The minimum Gasteiger partial charge on any atom is -0.399 e. The maximum atomic E-state index is 5.80. The molecule has 2 N–H and O–H groups in total. The second-order valence-corrected chi connectivity index (χ2v) is 7.24. The molecule has 0 aliphatic rings. The number of nitrogens with two attached hydrogens (primary N) is 1. The van der Waals surface area contributed by atoms with Crippen LogP contribution in [0, 0.1) is 13.8 Å². The minimum atomic E-state index is 0.798. The monoisotopic (exact) mass is 300 g/mol. The number of thioether (sulfide) groups is 1. The van der Waals surface area contributed by atoms with Crippen molar-refractivity contribution in [2.45, 2.75) is 23.9 Å². The van der Waals surface area contributed by atoms with Crippen LogP contribution in [0.3, 0.4) is 0 Å². The van der Waals surface area contributed by atoms with Gasteiger partial charge in [0.25, 0.3) is 0 Å². The Balaban J connectivity index is 1.79. The van der Waals surface area contributed by atoms with Crippen molar-refractivity contribution in [3.05, 3.63) is 53.1 Å². The van der Waals surface area contributed by atoms with Gasteiger partial charge in [-0.2, -0.15) is 0 Å². The zero-order chi connectivity index (χ0) is 14.1. The molecule has 3 aromatic rings. The molecule has 0 bridgehead atoms. The van der Waals surface area contributed by atoms with Gasteiger partial charge in [0.05, 0.1) is 10.2 Å². The highest BCUT2D eigenvalue weighted by Gasteiger charge is 2.05. The second-order valence-electron chi connectivity index (χ2n) is 4.99. The van der Waals surface area contributed by atoms with Crippen molar-refractivity contribution < 1.29 is 0 Å². The van der Waals surface area contributed by atoms with Crippen LogP contribution in [0.2, 0.25) is 0 Å². The van der Waals surface area contributed by atoms with Crippen molar-refractivity contribution in [2.24, 2.45) is 0 Å². The van der Waals surface area contributed by atoms with E-state index in [2.05, 4.69) is 37.0 Å². The SMILES string of the molecule is Cc1cc(C)cc(CSc2nc3ccc(N)cc3s2)c1. The fraction of sp³-hybridized carbons (Fsp3) is 0.188. The Kier molecular flexibility index (Phi) is 3.68.